The lowest BCUT2D eigenvalue weighted by atomic mass is 10.8. The van der Waals surface area contributed by atoms with Gasteiger partial charge in [0.2, 0.25) is 0 Å². The van der Waals surface area contributed by atoms with Crippen LogP contribution in [0.4, 0.5) is 0 Å². The monoisotopic (exact) mass is 196 g/mol. The van der Waals surface area contributed by atoms with Gasteiger partial charge in [-0.1, -0.05) is 6.08 Å². The predicted octanol–water partition coefficient (Wildman–Crippen LogP) is -0.385. The number of hydrogen-bond donors (Lipinski definition) is 2. The number of allylic oxidation sites excluding steroid dienone is 1. The molecule has 0 aromatic heterocycles. The standard InChI is InChI=1S/C4H8N2O3S2/c1-2-3-11(7,8)9-6-4(5)10/h2-3H,1H3,(H3,5,6,10). The highest BCUT2D eigenvalue weighted by Gasteiger charge is 2.04. The molecule has 0 spiro atoms. The van der Waals surface area contributed by atoms with E-state index in [0.717, 1.165) is 5.41 Å². The van der Waals surface area contributed by atoms with Gasteiger partial charge in [0, 0.05) is 0 Å². The average Bonchev–Trinajstić information content (AvgIpc) is 1.84. The summed E-state index contributed by atoms with van der Waals surface area (Å²) in [5.41, 5.74) is 6.74. The van der Waals surface area contributed by atoms with E-state index >= 15 is 0 Å². The van der Waals surface area contributed by atoms with E-state index in [9.17, 15) is 8.42 Å². The lowest BCUT2D eigenvalue weighted by molar-refractivity contribution is 0.274. The molecule has 0 aliphatic heterocycles. The van der Waals surface area contributed by atoms with E-state index in [2.05, 4.69) is 16.5 Å². The van der Waals surface area contributed by atoms with Crippen molar-refractivity contribution in [2.75, 3.05) is 0 Å². The maximum atomic E-state index is 10.6. The van der Waals surface area contributed by atoms with Crippen LogP contribution in [0.15, 0.2) is 11.5 Å². The fourth-order valence-electron chi connectivity index (χ4n) is 0.294. The zero-order valence-corrected chi connectivity index (χ0v) is 7.41. The van der Waals surface area contributed by atoms with Gasteiger partial charge in [-0.3, -0.25) is 0 Å². The molecule has 0 heterocycles. The molecule has 0 atom stereocenters. The SMILES string of the molecule is CC=CS(=O)(=O)ONC(N)=S. The van der Waals surface area contributed by atoms with E-state index in [1.54, 1.807) is 6.92 Å². The number of nitrogens with one attached hydrogen (secondary N) is 1. The Balaban J connectivity index is 4.05. The summed E-state index contributed by atoms with van der Waals surface area (Å²) in [7, 11) is -3.69. The zero-order valence-electron chi connectivity index (χ0n) is 5.77. The summed E-state index contributed by atoms with van der Waals surface area (Å²) in [5.74, 6) is 0. The summed E-state index contributed by atoms with van der Waals surface area (Å²) in [6, 6.07) is 0. The number of thiocarbonyl (C=S) groups is 1. The van der Waals surface area contributed by atoms with E-state index in [-0.39, 0.29) is 5.11 Å². The first-order valence-corrected chi connectivity index (χ1v) is 4.47. The van der Waals surface area contributed by atoms with Gasteiger partial charge < -0.3 is 5.73 Å². The molecule has 5 nitrogen and oxygen atoms in total. The number of hydrogen-bond acceptors (Lipinski definition) is 4. The third-order valence-electron chi connectivity index (χ3n) is 0.561. The largest absolute Gasteiger partial charge is 0.375 e. The van der Waals surface area contributed by atoms with Gasteiger partial charge in [0.1, 0.15) is 0 Å². The second-order valence-corrected chi connectivity index (χ2v) is 3.38. The maximum absolute atomic E-state index is 10.6. The van der Waals surface area contributed by atoms with Gasteiger partial charge in [-0.05, 0) is 19.1 Å². The van der Waals surface area contributed by atoms with Crippen LogP contribution in [0.1, 0.15) is 6.92 Å². The number of nitrogens with two attached hydrogens (primary N) is 1. The first kappa shape index (κ1) is 10.3. The summed E-state index contributed by atoms with van der Waals surface area (Å²) in [6.07, 6.45) is 1.32. The molecule has 0 saturated heterocycles. The van der Waals surface area contributed by atoms with E-state index < -0.39 is 10.1 Å². The van der Waals surface area contributed by atoms with Crippen LogP contribution >= 0.6 is 12.2 Å². The van der Waals surface area contributed by atoms with Crippen LogP contribution in [-0.2, 0) is 14.4 Å². The first-order valence-electron chi connectivity index (χ1n) is 2.59. The molecule has 0 bridgehead atoms. The Bertz CT molecular complexity index is 257. The molecule has 0 rings (SSSR count). The molecular formula is C4H8N2O3S2. The highest BCUT2D eigenvalue weighted by Crippen LogP contribution is 1.90. The van der Waals surface area contributed by atoms with Gasteiger partial charge in [0.05, 0.1) is 5.41 Å². The van der Waals surface area contributed by atoms with Gasteiger partial charge >= 0.3 is 10.1 Å². The van der Waals surface area contributed by atoms with Gasteiger partial charge in [-0.15, -0.1) is 4.28 Å². The quantitative estimate of drug-likeness (QED) is 0.473. The second-order valence-electron chi connectivity index (χ2n) is 1.51. The third kappa shape index (κ3) is 5.77. The summed E-state index contributed by atoms with van der Waals surface area (Å²) in [4.78, 5) is 0. The third-order valence-corrected chi connectivity index (χ3v) is 1.57. The van der Waals surface area contributed by atoms with Gasteiger partial charge in [-0.25, -0.2) is 5.48 Å². The smallest absolute Gasteiger partial charge is 0.310 e. The molecule has 11 heavy (non-hydrogen) atoms. The number of rotatable bonds is 3. The van der Waals surface area contributed by atoms with Crippen LogP contribution in [0.3, 0.4) is 0 Å². The summed E-state index contributed by atoms with van der Waals surface area (Å²) in [6.45, 7) is 1.54. The molecule has 7 heteroatoms. The highest BCUT2D eigenvalue weighted by molar-refractivity contribution is 7.89. The van der Waals surface area contributed by atoms with Crippen molar-refractivity contribution < 1.29 is 12.7 Å². The van der Waals surface area contributed by atoms with E-state index in [0.29, 0.717) is 0 Å². The summed E-state index contributed by atoms with van der Waals surface area (Å²) >= 11 is 4.30. The Hall–Kier alpha value is -0.660. The highest BCUT2D eigenvalue weighted by atomic mass is 32.2. The van der Waals surface area contributed by atoms with Crippen molar-refractivity contribution in [1.29, 1.82) is 0 Å². The molecule has 0 aromatic rings. The van der Waals surface area contributed by atoms with Crippen LogP contribution in [0, 0.1) is 0 Å². The minimum Gasteiger partial charge on any atom is -0.375 e. The van der Waals surface area contributed by atoms with Gasteiger partial charge in [-0.2, -0.15) is 8.42 Å². The van der Waals surface area contributed by atoms with Crippen molar-refractivity contribution in [2.45, 2.75) is 6.92 Å². The van der Waals surface area contributed by atoms with E-state index in [4.69, 9.17) is 5.73 Å². The molecule has 3 N–H and O–H groups in total. The van der Waals surface area contributed by atoms with Crippen molar-refractivity contribution >= 4 is 27.4 Å². The van der Waals surface area contributed by atoms with Crippen LogP contribution in [0.5, 0.6) is 0 Å². The first-order chi connectivity index (χ1) is 4.98. The minimum atomic E-state index is -3.69. The Morgan fingerprint density at radius 3 is 2.64 bits per heavy atom. The molecule has 0 aliphatic rings. The van der Waals surface area contributed by atoms with Crippen LogP contribution < -0.4 is 11.2 Å². The van der Waals surface area contributed by atoms with Gasteiger partial charge in [0.25, 0.3) is 0 Å². The topological polar surface area (TPSA) is 81.4 Å². The average molecular weight is 196 g/mol. The van der Waals surface area contributed by atoms with E-state index in [1.165, 1.54) is 6.08 Å². The van der Waals surface area contributed by atoms with E-state index in [1.807, 2.05) is 5.48 Å². The lowest BCUT2D eigenvalue weighted by Gasteiger charge is -1.99. The lowest BCUT2D eigenvalue weighted by Crippen LogP contribution is -2.30. The normalized spacial score (nSPS) is 11.7. The molecule has 0 aromatic carbocycles. The zero-order chi connectivity index (χ0) is 8.91. The van der Waals surface area contributed by atoms with Gasteiger partial charge in [0.15, 0.2) is 5.11 Å². The molecular weight excluding hydrogens is 188 g/mol. The molecule has 64 valence electrons. The van der Waals surface area contributed by atoms with Crippen molar-refractivity contribution in [3.8, 4) is 0 Å². The summed E-state index contributed by atoms with van der Waals surface area (Å²) < 4.78 is 25.4. The van der Waals surface area contributed by atoms with Crippen LogP contribution in [0.25, 0.3) is 0 Å². The minimum absolute atomic E-state index is 0.238. The van der Waals surface area contributed by atoms with Crippen molar-refractivity contribution in [2.24, 2.45) is 5.73 Å². The fourth-order valence-corrected chi connectivity index (χ4v) is 0.983. The van der Waals surface area contributed by atoms with Crippen molar-refractivity contribution in [3.63, 3.8) is 0 Å². The van der Waals surface area contributed by atoms with Crippen molar-refractivity contribution in [3.05, 3.63) is 11.5 Å². The molecule has 0 unspecified atom stereocenters. The molecule has 0 saturated carbocycles. The van der Waals surface area contributed by atoms with Crippen LogP contribution in [0.2, 0.25) is 0 Å². The summed E-state index contributed by atoms with van der Waals surface area (Å²) in [5, 5.41) is 0.635. The Morgan fingerprint density at radius 1 is 1.73 bits per heavy atom. The number of hydroxylamine groups is 1. The Kier molecular flexibility index (Phi) is 4.01. The molecule has 0 amide bonds. The Labute approximate surface area is 70.3 Å². The maximum Gasteiger partial charge on any atom is 0.310 e. The molecule has 0 aliphatic carbocycles. The van der Waals surface area contributed by atoms with Crippen molar-refractivity contribution in [1.82, 2.24) is 5.48 Å². The molecule has 0 radical (unpaired) electrons. The van der Waals surface area contributed by atoms with Crippen LogP contribution in [-0.4, -0.2) is 13.5 Å². The predicted molar refractivity (Wildman–Crippen MR) is 44.7 cm³/mol. The Morgan fingerprint density at radius 2 is 2.27 bits per heavy atom. The molecule has 0 fully saturated rings. The second kappa shape index (κ2) is 4.27. The fraction of sp³-hybridized carbons (Fsp3) is 0.250.